The van der Waals surface area contributed by atoms with Gasteiger partial charge in [-0.05, 0) is 19.1 Å². The Morgan fingerprint density at radius 2 is 1.79 bits per heavy atom. The predicted octanol–water partition coefficient (Wildman–Crippen LogP) is 3.92. The largest absolute Gasteiger partial charge is 0.481 e. The van der Waals surface area contributed by atoms with Gasteiger partial charge >= 0.3 is 5.97 Å². The van der Waals surface area contributed by atoms with Gasteiger partial charge in [0.1, 0.15) is 17.3 Å². The minimum atomic E-state index is -3.79. The summed E-state index contributed by atoms with van der Waals surface area (Å²) in [6, 6.07) is 7.83. The number of carboxylic acids is 1. The Morgan fingerprint density at radius 3 is 2.42 bits per heavy atom. The number of aromatic nitrogens is 2. The van der Waals surface area contributed by atoms with E-state index < -0.39 is 71.0 Å². The summed E-state index contributed by atoms with van der Waals surface area (Å²) in [5.41, 5.74) is -3.37. The SMILES string of the molecule is CC(=O)Nc1cc(=O)n(-c2ccccc2F)nc1C(=O)N[C@H](C)c1cccc(C(F)(F)CCC(=O)O)c1F. The molecule has 2 aromatic carbocycles. The highest BCUT2D eigenvalue weighted by Crippen LogP contribution is 2.36. The number of carbonyl (C=O) groups is 3. The van der Waals surface area contributed by atoms with Gasteiger partial charge in [-0.2, -0.15) is 9.78 Å². The van der Waals surface area contributed by atoms with Crippen LogP contribution in [-0.2, 0) is 15.5 Å². The van der Waals surface area contributed by atoms with Crippen molar-refractivity contribution in [3.63, 3.8) is 0 Å². The smallest absolute Gasteiger partial charge is 0.303 e. The van der Waals surface area contributed by atoms with Gasteiger partial charge in [0, 0.05) is 25.0 Å². The molecule has 3 aromatic rings. The minimum Gasteiger partial charge on any atom is -0.481 e. The summed E-state index contributed by atoms with van der Waals surface area (Å²) >= 11 is 0. The lowest BCUT2D eigenvalue weighted by molar-refractivity contribution is -0.139. The number of alkyl halides is 2. The molecule has 1 atom stereocenters. The first-order valence-corrected chi connectivity index (χ1v) is 11.2. The van der Waals surface area contributed by atoms with Crippen molar-refractivity contribution in [3.8, 4) is 5.69 Å². The highest BCUT2D eigenvalue weighted by atomic mass is 19.3. The number of amides is 2. The molecule has 0 aliphatic carbocycles. The maximum absolute atomic E-state index is 15.1. The molecule has 9 nitrogen and oxygen atoms in total. The van der Waals surface area contributed by atoms with Crippen molar-refractivity contribution in [2.75, 3.05) is 5.32 Å². The van der Waals surface area contributed by atoms with Gasteiger partial charge in [-0.1, -0.05) is 30.3 Å². The van der Waals surface area contributed by atoms with Crippen molar-refractivity contribution in [2.24, 2.45) is 0 Å². The molecule has 0 radical (unpaired) electrons. The van der Waals surface area contributed by atoms with Gasteiger partial charge in [0.2, 0.25) is 5.91 Å². The predicted molar refractivity (Wildman–Crippen MR) is 127 cm³/mol. The minimum absolute atomic E-state index is 0.281. The van der Waals surface area contributed by atoms with Crippen LogP contribution >= 0.6 is 0 Å². The number of aliphatic carboxylic acids is 1. The molecular formula is C25H22F4N4O5. The number of carbonyl (C=O) groups excluding carboxylic acids is 2. The normalized spacial score (nSPS) is 12.1. The number of halogens is 4. The number of anilines is 1. The van der Waals surface area contributed by atoms with Gasteiger partial charge in [-0.25, -0.2) is 17.6 Å². The van der Waals surface area contributed by atoms with Crippen molar-refractivity contribution in [3.05, 3.63) is 87.3 Å². The number of hydrogen-bond acceptors (Lipinski definition) is 5. The van der Waals surface area contributed by atoms with Crippen molar-refractivity contribution in [1.82, 2.24) is 15.1 Å². The van der Waals surface area contributed by atoms with E-state index in [1.54, 1.807) is 0 Å². The maximum Gasteiger partial charge on any atom is 0.303 e. The van der Waals surface area contributed by atoms with E-state index in [-0.39, 0.29) is 16.9 Å². The van der Waals surface area contributed by atoms with E-state index in [1.165, 1.54) is 25.1 Å². The number of nitrogens with one attached hydrogen (secondary N) is 2. The third-order valence-electron chi connectivity index (χ3n) is 5.43. The van der Waals surface area contributed by atoms with Gasteiger partial charge in [-0.15, -0.1) is 0 Å². The van der Waals surface area contributed by atoms with Gasteiger partial charge in [-0.3, -0.25) is 19.2 Å². The van der Waals surface area contributed by atoms with E-state index in [9.17, 15) is 32.3 Å². The fourth-order valence-electron chi connectivity index (χ4n) is 3.61. The Balaban J connectivity index is 1.99. The van der Waals surface area contributed by atoms with Crippen LogP contribution in [0.5, 0.6) is 0 Å². The van der Waals surface area contributed by atoms with E-state index in [2.05, 4.69) is 15.7 Å². The van der Waals surface area contributed by atoms with Gasteiger partial charge in [0.15, 0.2) is 5.69 Å². The van der Waals surface area contributed by atoms with Crippen LogP contribution in [-0.4, -0.2) is 32.7 Å². The summed E-state index contributed by atoms with van der Waals surface area (Å²) in [4.78, 5) is 48.0. The van der Waals surface area contributed by atoms with Crippen LogP contribution in [0.25, 0.3) is 5.69 Å². The zero-order chi connectivity index (χ0) is 28.2. The van der Waals surface area contributed by atoms with Gasteiger partial charge in [0.25, 0.3) is 17.4 Å². The fourth-order valence-corrected chi connectivity index (χ4v) is 3.61. The number of carboxylic acid groups (broad SMARTS) is 1. The van der Waals surface area contributed by atoms with E-state index >= 15 is 4.39 Å². The quantitative estimate of drug-likeness (QED) is 0.357. The highest BCUT2D eigenvalue weighted by Gasteiger charge is 2.36. The van der Waals surface area contributed by atoms with Crippen LogP contribution in [0, 0.1) is 11.6 Å². The first-order valence-electron chi connectivity index (χ1n) is 11.2. The molecule has 13 heteroatoms. The summed E-state index contributed by atoms with van der Waals surface area (Å²) in [7, 11) is 0. The summed E-state index contributed by atoms with van der Waals surface area (Å²) in [5, 5.41) is 17.2. The zero-order valence-electron chi connectivity index (χ0n) is 20.1. The lowest BCUT2D eigenvalue weighted by Gasteiger charge is -2.21. The van der Waals surface area contributed by atoms with Crippen molar-refractivity contribution >= 4 is 23.5 Å². The fraction of sp³-hybridized carbons (Fsp3) is 0.240. The number of rotatable bonds is 9. The topological polar surface area (TPSA) is 130 Å². The molecule has 0 aliphatic heterocycles. The molecule has 0 bridgehead atoms. The Bertz CT molecular complexity index is 1460. The first-order chi connectivity index (χ1) is 17.8. The average Bonchev–Trinajstić information content (AvgIpc) is 2.83. The van der Waals surface area contributed by atoms with Crippen LogP contribution in [0.15, 0.2) is 53.3 Å². The van der Waals surface area contributed by atoms with Crippen LogP contribution in [0.3, 0.4) is 0 Å². The molecule has 3 rings (SSSR count). The number of hydrogen-bond donors (Lipinski definition) is 3. The summed E-state index contributed by atoms with van der Waals surface area (Å²) in [6.45, 7) is 2.40. The second-order valence-electron chi connectivity index (χ2n) is 8.29. The van der Waals surface area contributed by atoms with Gasteiger partial charge < -0.3 is 15.7 Å². The lowest BCUT2D eigenvalue weighted by Crippen LogP contribution is -2.33. The van der Waals surface area contributed by atoms with Crippen LogP contribution in [0.2, 0.25) is 0 Å². The summed E-state index contributed by atoms with van der Waals surface area (Å²) < 4.78 is 59.0. The lowest BCUT2D eigenvalue weighted by atomic mass is 9.97. The molecular weight excluding hydrogens is 512 g/mol. The van der Waals surface area contributed by atoms with E-state index in [0.29, 0.717) is 4.68 Å². The van der Waals surface area contributed by atoms with E-state index in [4.69, 9.17) is 5.11 Å². The van der Waals surface area contributed by atoms with Crippen molar-refractivity contribution < 1.29 is 37.1 Å². The second kappa shape index (κ2) is 11.2. The number of benzene rings is 2. The highest BCUT2D eigenvalue weighted by molar-refractivity contribution is 6.01. The molecule has 0 saturated heterocycles. The maximum atomic E-state index is 15.1. The number of para-hydroxylation sites is 1. The average molecular weight is 534 g/mol. The van der Waals surface area contributed by atoms with Crippen molar-refractivity contribution in [1.29, 1.82) is 0 Å². The molecule has 0 aliphatic rings. The molecule has 1 aromatic heterocycles. The molecule has 0 fully saturated rings. The Morgan fingerprint density at radius 1 is 1.11 bits per heavy atom. The van der Waals surface area contributed by atoms with Crippen molar-refractivity contribution in [2.45, 2.75) is 38.7 Å². The Labute approximate surface area is 213 Å². The Kier molecular flexibility index (Phi) is 8.29. The molecule has 2 amide bonds. The summed E-state index contributed by atoms with van der Waals surface area (Å²) in [5.74, 6) is -9.12. The van der Waals surface area contributed by atoms with Crippen LogP contribution < -0.4 is 16.2 Å². The Hall–Kier alpha value is -4.55. The first kappa shape index (κ1) is 28.0. The molecule has 3 N–H and O–H groups in total. The van der Waals surface area contributed by atoms with E-state index in [1.807, 2.05) is 0 Å². The molecule has 0 spiro atoms. The van der Waals surface area contributed by atoms with Gasteiger partial charge in [0.05, 0.1) is 23.7 Å². The zero-order valence-corrected chi connectivity index (χ0v) is 20.1. The number of nitrogens with zero attached hydrogens (tertiary/aromatic N) is 2. The standard InChI is InChI=1S/C25H22F4N4O5/c1-13(15-6-5-7-16(22(15)27)25(28,29)11-10-21(36)37)30-24(38)23-18(31-14(2)34)12-20(35)33(32-23)19-9-4-3-8-17(19)26/h3-9,12-13H,10-11H2,1-2H3,(H,30,38)(H,31,34)(H,36,37)/t13-/m1/s1. The molecule has 0 unspecified atom stereocenters. The third-order valence-corrected chi connectivity index (χ3v) is 5.43. The van der Waals surface area contributed by atoms with E-state index in [0.717, 1.165) is 37.3 Å². The third kappa shape index (κ3) is 6.22. The molecule has 1 heterocycles. The second-order valence-corrected chi connectivity index (χ2v) is 8.29. The summed E-state index contributed by atoms with van der Waals surface area (Å²) in [6.07, 6.45) is -2.02. The monoisotopic (exact) mass is 534 g/mol. The molecule has 0 saturated carbocycles. The molecule has 38 heavy (non-hydrogen) atoms. The van der Waals surface area contributed by atoms with Crippen LogP contribution in [0.4, 0.5) is 23.2 Å². The van der Waals surface area contributed by atoms with Crippen LogP contribution in [0.1, 0.15) is 54.3 Å². The molecule has 200 valence electrons.